The maximum atomic E-state index is 12.3. The quantitative estimate of drug-likeness (QED) is 0.198. The highest BCUT2D eigenvalue weighted by atomic mass is 16.7. The lowest BCUT2D eigenvalue weighted by atomic mass is 9.99. The summed E-state index contributed by atoms with van der Waals surface area (Å²) in [4.78, 5) is 25.9. The number of hydrogen-bond donors (Lipinski definition) is 5. The van der Waals surface area contributed by atoms with E-state index in [1.54, 1.807) is 49.4 Å². The SMILES string of the molecule is CCOC(=O)CNC(=O)Nc1cccc([C@@H]2O[C@H](CN(C)C[C@@H](O)c3cccc(O)c3)C[C@H](c3ccc(CO)cc3)O2)c1. The Kier molecular flexibility index (Phi) is 11.5. The molecule has 2 amide bonds. The summed E-state index contributed by atoms with van der Waals surface area (Å²) in [6, 6.07) is 20.7. The molecule has 4 rings (SSSR count). The first kappa shape index (κ1) is 31.9. The van der Waals surface area contributed by atoms with Crippen molar-refractivity contribution in [3.63, 3.8) is 0 Å². The molecule has 5 N–H and O–H groups in total. The standard InChI is InChI=1S/C32H39N3O8/c1-3-41-30(39)17-33-32(40)34-25-8-4-7-24(14-25)31-42-27(16-29(43-31)22-12-10-21(20-36)11-13-22)18-35(2)19-28(38)23-6-5-9-26(37)15-23/h4-15,27-29,31,36-38H,3,16-20H2,1-2H3,(H2,33,34,40)/t27-,28+,29+,31+/m0/s1. The Morgan fingerprint density at radius 3 is 2.53 bits per heavy atom. The van der Waals surface area contributed by atoms with Crippen LogP contribution in [0.1, 0.15) is 54.1 Å². The Balaban J connectivity index is 1.47. The van der Waals surface area contributed by atoms with Crippen molar-refractivity contribution >= 4 is 17.7 Å². The number of aliphatic hydroxyl groups excluding tert-OH is 2. The van der Waals surface area contributed by atoms with E-state index in [1.807, 2.05) is 42.3 Å². The molecule has 1 heterocycles. The molecule has 1 aliphatic rings. The number of hydrogen-bond acceptors (Lipinski definition) is 9. The molecule has 0 aliphatic carbocycles. The first-order valence-corrected chi connectivity index (χ1v) is 14.2. The number of nitrogens with one attached hydrogen (secondary N) is 2. The van der Waals surface area contributed by atoms with Gasteiger partial charge in [0.25, 0.3) is 0 Å². The van der Waals surface area contributed by atoms with Crippen LogP contribution in [-0.4, -0.2) is 71.6 Å². The molecule has 11 heteroatoms. The van der Waals surface area contributed by atoms with Gasteiger partial charge in [-0.25, -0.2) is 4.79 Å². The number of anilines is 1. The molecule has 1 fully saturated rings. The molecule has 0 radical (unpaired) electrons. The van der Waals surface area contributed by atoms with Gasteiger partial charge >= 0.3 is 12.0 Å². The van der Waals surface area contributed by atoms with Gasteiger partial charge in [-0.15, -0.1) is 0 Å². The highest BCUT2D eigenvalue weighted by Gasteiger charge is 2.33. The second-order valence-electron chi connectivity index (χ2n) is 10.4. The van der Waals surface area contributed by atoms with E-state index in [4.69, 9.17) is 14.2 Å². The molecule has 0 spiro atoms. The Morgan fingerprint density at radius 2 is 1.81 bits per heavy atom. The number of likely N-dealkylation sites (N-methyl/N-ethyl adjacent to an activating group) is 1. The lowest BCUT2D eigenvalue weighted by molar-refractivity contribution is -0.252. The highest BCUT2D eigenvalue weighted by molar-refractivity contribution is 5.91. The molecule has 0 saturated carbocycles. The van der Waals surface area contributed by atoms with Gasteiger partial charge in [-0.2, -0.15) is 0 Å². The summed E-state index contributed by atoms with van der Waals surface area (Å²) in [5, 5.41) is 35.2. The minimum Gasteiger partial charge on any atom is -0.508 e. The topological polar surface area (TPSA) is 150 Å². The number of aliphatic hydroxyl groups is 2. The predicted molar refractivity (Wildman–Crippen MR) is 159 cm³/mol. The summed E-state index contributed by atoms with van der Waals surface area (Å²) in [6.07, 6.45) is -1.59. The molecular formula is C32H39N3O8. The molecule has 4 atom stereocenters. The number of benzene rings is 3. The number of urea groups is 1. The van der Waals surface area contributed by atoms with Crippen molar-refractivity contribution in [1.29, 1.82) is 0 Å². The van der Waals surface area contributed by atoms with Gasteiger partial charge in [-0.1, -0.05) is 48.5 Å². The van der Waals surface area contributed by atoms with Crippen LogP contribution in [-0.2, 0) is 25.6 Å². The minimum absolute atomic E-state index is 0.0559. The van der Waals surface area contributed by atoms with Crippen molar-refractivity contribution in [3.8, 4) is 5.75 Å². The average Bonchev–Trinajstić information content (AvgIpc) is 3.00. The minimum atomic E-state index is -0.799. The molecule has 3 aromatic carbocycles. The second kappa shape index (κ2) is 15.5. The van der Waals surface area contributed by atoms with Gasteiger partial charge in [0.15, 0.2) is 6.29 Å². The number of esters is 1. The van der Waals surface area contributed by atoms with Gasteiger partial charge in [0.2, 0.25) is 0 Å². The van der Waals surface area contributed by atoms with Gasteiger partial charge in [0.1, 0.15) is 12.3 Å². The van der Waals surface area contributed by atoms with Crippen LogP contribution in [0.4, 0.5) is 10.5 Å². The molecule has 1 aliphatic heterocycles. The Bertz CT molecular complexity index is 1350. The zero-order valence-electron chi connectivity index (χ0n) is 24.3. The van der Waals surface area contributed by atoms with E-state index in [9.17, 15) is 24.9 Å². The molecule has 11 nitrogen and oxygen atoms in total. The lowest BCUT2D eigenvalue weighted by Gasteiger charge is -2.38. The molecule has 1 saturated heterocycles. The first-order chi connectivity index (χ1) is 20.7. The zero-order chi connectivity index (χ0) is 30.8. The first-order valence-electron chi connectivity index (χ1n) is 14.2. The second-order valence-corrected chi connectivity index (χ2v) is 10.4. The van der Waals surface area contributed by atoms with Gasteiger partial charge in [0, 0.05) is 30.8 Å². The third-order valence-electron chi connectivity index (χ3n) is 6.99. The van der Waals surface area contributed by atoms with E-state index in [0.717, 1.165) is 11.1 Å². The highest BCUT2D eigenvalue weighted by Crippen LogP contribution is 2.38. The maximum Gasteiger partial charge on any atom is 0.325 e. The Labute approximate surface area is 251 Å². The largest absolute Gasteiger partial charge is 0.508 e. The van der Waals surface area contributed by atoms with Crippen LogP contribution in [0.15, 0.2) is 72.8 Å². The van der Waals surface area contributed by atoms with Crippen molar-refractivity contribution in [2.75, 3.05) is 38.6 Å². The van der Waals surface area contributed by atoms with E-state index in [-0.39, 0.29) is 37.7 Å². The van der Waals surface area contributed by atoms with Crippen LogP contribution in [0.2, 0.25) is 0 Å². The number of phenolic OH excluding ortho intramolecular Hbond substituents is 1. The fourth-order valence-corrected chi connectivity index (χ4v) is 4.89. The van der Waals surface area contributed by atoms with E-state index in [0.29, 0.717) is 36.3 Å². The summed E-state index contributed by atoms with van der Waals surface area (Å²) in [5.74, 6) is -0.433. The Morgan fingerprint density at radius 1 is 1.05 bits per heavy atom. The number of amides is 2. The van der Waals surface area contributed by atoms with Crippen LogP contribution in [0.3, 0.4) is 0 Å². The number of rotatable bonds is 12. The van der Waals surface area contributed by atoms with Crippen LogP contribution >= 0.6 is 0 Å². The summed E-state index contributed by atoms with van der Waals surface area (Å²) < 4.78 is 17.6. The molecular weight excluding hydrogens is 554 g/mol. The number of phenols is 1. The fraction of sp³-hybridized carbons (Fsp3) is 0.375. The van der Waals surface area contributed by atoms with Gasteiger partial charge in [-0.05, 0) is 54.9 Å². The van der Waals surface area contributed by atoms with Crippen LogP contribution in [0, 0.1) is 0 Å². The van der Waals surface area contributed by atoms with Crippen LogP contribution < -0.4 is 10.6 Å². The van der Waals surface area contributed by atoms with E-state index < -0.39 is 24.4 Å². The third-order valence-corrected chi connectivity index (χ3v) is 6.99. The third kappa shape index (κ3) is 9.50. The van der Waals surface area contributed by atoms with Crippen molar-refractivity contribution in [1.82, 2.24) is 10.2 Å². The van der Waals surface area contributed by atoms with Crippen molar-refractivity contribution in [2.45, 2.75) is 44.6 Å². The van der Waals surface area contributed by atoms with Gasteiger partial charge in [-0.3, -0.25) is 4.79 Å². The number of aromatic hydroxyl groups is 1. The summed E-state index contributed by atoms with van der Waals surface area (Å²) in [6.45, 7) is 2.43. The van der Waals surface area contributed by atoms with Gasteiger partial charge < -0.3 is 45.1 Å². The van der Waals surface area contributed by atoms with Crippen molar-refractivity contribution in [3.05, 3.63) is 95.1 Å². The molecule has 230 valence electrons. The molecule has 3 aromatic rings. The monoisotopic (exact) mass is 593 g/mol. The van der Waals surface area contributed by atoms with Gasteiger partial charge in [0.05, 0.1) is 31.5 Å². The van der Waals surface area contributed by atoms with Crippen molar-refractivity contribution in [2.24, 2.45) is 0 Å². The van der Waals surface area contributed by atoms with Crippen LogP contribution in [0.5, 0.6) is 5.75 Å². The number of carbonyl (C=O) groups is 2. The molecule has 43 heavy (non-hydrogen) atoms. The van der Waals surface area contributed by atoms with Crippen molar-refractivity contribution < 1.29 is 39.1 Å². The fourth-order valence-electron chi connectivity index (χ4n) is 4.89. The molecule has 0 unspecified atom stereocenters. The average molecular weight is 594 g/mol. The molecule has 0 bridgehead atoms. The summed E-state index contributed by atoms with van der Waals surface area (Å²) in [7, 11) is 1.89. The number of ether oxygens (including phenoxy) is 3. The smallest absolute Gasteiger partial charge is 0.325 e. The lowest BCUT2D eigenvalue weighted by Crippen LogP contribution is -2.39. The van der Waals surface area contributed by atoms with E-state index >= 15 is 0 Å². The number of nitrogens with zero attached hydrogens (tertiary/aromatic N) is 1. The molecule has 0 aromatic heterocycles. The van der Waals surface area contributed by atoms with E-state index in [2.05, 4.69) is 10.6 Å². The summed E-state index contributed by atoms with van der Waals surface area (Å²) in [5.41, 5.74) is 3.53. The summed E-state index contributed by atoms with van der Waals surface area (Å²) >= 11 is 0. The maximum absolute atomic E-state index is 12.3. The van der Waals surface area contributed by atoms with Crippen LogP contribution in [0.25, 0.3) is 0 Å². The zero-order valence-corrected chi connectivity index (χ0v) is 24.3. The predicted octanol–water partition coefficient (Wildman–Crippen LogP) is 3.78. The van der Waals surface area contributed by atoms with E-state index in [1.165, 1.54) is 0 Å². The Hall–Kier alpha value is -4.00. The number of carbonyl (C=O) groups excluding carboxylic acids is 2. The normalized spacial score (nSPS) is 19.0.